The van der Waals surface area contributed by atoms with Crippen LogP contribution in [0, 0.1) is 5.82 Å². The minimum atomic E-state index is -1.02. The molecule has 0 amide bonds. The number of aliphatic carboxylic acids is 1. The Bertz CT molecular complexity index is 1140. The van der Waals surface area contributed by atoms with E-state index in [9.17, 15) is 14.3 Å². The van der Waals surface area contributed by atoms with Crippen molar-refractivity contribution in [1.82, 2.24) is 9.88 Å². The molecule has 2 aromatic rings. The molecule has 0 saturated carbocycles. The summed E-state index contributed by atoms with van der Waals surface area (Å²) >= 11 is 0. The Morgan fingerprint density at radius 3 is 2.95 bits per heavy atom. The third kappa shape index (κ3) is 6.70. The van der Waals surface area contributed by atoms with Crippen molar-refractivity contribution < 1.29 is 28.5 Å². The zero-order valence-corrected chi connectivity index (χ0v) is 22.8. The van der Waals surface area contributed by atoms with E-state index >= 15 is 0 Å². The van der Waals surface area contributed by atoms with Gasteiger partial charge in [0, 0.05) is 44.1 Å². The van der Waals surface area contributed by atoms with Gasteiger partial charge in [-0.15, -0.1) is 0 Å². The van der Waals surface area contributed by atoms with E-state index in [4.69, 9.17) is 19.2 Å². The van der Waals surface area contributed by atoms with Crippen LogP contribution in [0.15, 0.2) is 24.3 Å². The molecule has 212 valence electrons. The lowest BCUT2D eigenvalue weighted by Crippen LogP contribution is -2.34. The lowest BCUT2D eigenvalue weighted by Gasteiger charge is -2.27. The summed E-state index contributed by atoms with van der Waals surface area (Å²) in [4.78, 5) is 19.1. The van der Waals surface area contributed by atoms with Crippen molar-refractivity contribution >= 4 is 11.8 Å². The summed E-state index contributed by atoms with van der Waals surface area (Å²) in [6, 6.07) is 6.49. The number of ether oxygens (including phenoxy) is 3. The van der Waals surface area contributed by atoms with Gasteiger partial charge in [-0.05, 0) is 80.7 Å². The molecule has 2 fully saturated rings. The second kappa shape index (κ2) is 13.1. The number of rotatable bonds is 12. The van der Waals surface area contributed by atoms with Gasteiger partial charge in [-0.1, -0.05) is 12.5 Å². The molecule has 2 N–H and O–H groups in total. The second-order valence-corrected chi connectivity index (χ2v) is 10.8. The summed E-state index contributed by atoms with van der Waals surface area (Å²) in [5.41, 5.74) is 3.45. The van der Waals surface area contributed by atoms with E-state index in [-0.39, 0.29) is 18.0 Å². The van der Waals surface area contributed by atoms with Crippen molar-refractivity contribution in [1.29, 1.82) is 0 Å². The molecule has 0 spiro atoms. The number of nitrogens with zero attached hydrogens (tertiary/aromatic N) is 2. The van der Waals surface area contributed by atoms with Gasteiger partial charge in [0.2, 0.25) is 0 Å². The predicted molar refractivity (Wildman–Crippen MR) is 146 cm³/mol. The molecular weight excluding hydrogens is 501 g/mol. The van der Waals surface area contributed by atoms with Crippen LogP contribution in [0.1, 0.15) is 79.5 Å². The number of anilines is 1. The SMILES string of the molecule is COc1c(F)cc([C@@H]2CCCO2)cc1[C@@H](C(=O)O)N1CC[C@@H](OCCCCCc2ccc3c(n2)NCCC3)C1. The topological polar surface area (TPSA) is 93.2 Å². The maximum absolute atomic E-state index is 15.0. The predicted octanol–water partition coefficient (Wildman–Crippen LogP) is 5.07. The summed E-state index contributed by atoms with van der Waals surface area (Å²) in [5, 5.41) is 13.6. The molecule has 3 aliphatic rings. The number of likely N-dealkylation sites (tertiary alicyclic amines) is 1. The fourth-order valence-corrected chi connectivity index (χ4v) is 6.03. The van der Waals surface area contributed by atoms with E-state index in [0.29, 0.717) is 37.4 Å². The van der Waals surface area contributed by atoms with Gasteiger partial charge in [-0.25, -0.2) is 9.37 Å². The first-order chi connectivity index (χ1) is 19.0. The molecule has 3 atom stereocenters. The molecule has 9 heteroatoms. The lowest BCUT2D eigenvalue weighted by molar-refractivity contribution is -0.143. The Morgan fingerprint density at radius 2 is 2.15 bits per heavy atom. The molecule has 1 aromatic heterocycles. The number of carbonyl (C=O) groups is 1. The molecule has 3 aliphatic heterocycles. The molecule has 4 heterocycles. The van der Waals surface area contributed by atoms with Crippen LogP contribution in [-0.2, 0) is 27.1 Å². The number of aryl methyl sites for hydroxylation is 2. The highest BCUT2D eigenvalue weighted by molar-refractivity contribution is 5.77. The minimum Gasteiger partial charge on any atom is -0.493 e. The smallest absolute Gasteiger partial charge is 0.325 e. The quantitative estimate of drug-likeness (QED) is 0.360. The van der Waals surface area contributed by atoms with Crippen molar-refractivity contribution in [3.05, 3.63) is 52.5 Å². The zero-order valence-electron chi connectivity index (χ0n) is 22.8. The van der Waals surface area contributed by atoms with E-state index in [1.807, 2.05) is 4.90 Å². The first-order valence-electron chi connectivity index (χ1n) is 14.3. The van der Waals surface area contributed by atoms with Crippen LogP contribution in [0.25, 0.3) is 0 Å². The lowest BCUT2D eigenvalue weighted by atomic mass is 9.97. The maximum atomic E-state index is 15.0. The highest BCUT2D eigenvalue weighted by Gasteiger charge is 2.37. The second-order valence-electron chi connectivity index (χ2n) is 10.8. The third-order valence-electron chi connectivity index (χ3n) is 8.05. The monoisotopic (exact) mass is 541 g/mol. The third-order valence-corrected chi connectivity index (χ3v) is 8.05. The Morgan fingerprint density at radius 1 is 1.26 bits per heavy atom. The normalized spacial score (nSPS) is 21.9. The average Bonchev–Trinajstić information content (AvgIpc) is 3.63. The molecule has 0 aliphatic carbocycles. The Kier molecular flexibility index (Phi) is 9.32. The fourth-order valence-electron chi connectivity index (χ4n) is 6.03. The van der Waals surface area contributed by atoms with Gasteiger partial charge < -0.3 is 24.6 Å². The van der Waals surface area contributed by atoms with Crippen molar-refractivity contribution in [2.24, 2.45) is 0 Å². The summed E-state index contributed by atoms with van der Waals surface area (Å²) in [5.74, 6) is -0.548. The van der Waals surface area contributed by atoms with Gasteiger partial charge in [-0.3, -0.25) is 9.69 Å². The molecule has 2 saturated heterocycles. The van der Waals surface area contributed by atoms with Crippen molar-refractivity contribution in [2.75, 3.05) is 45.3 Å². The van der Waals surface area contributed by atoms with E-state index in [1.165, 1.54) is 25.2 Å². The number of pyridine rings is 1. The standard InChI is InChI=1S/C30H40FN3O5/c1-37-28-24(17-21(18-25(28)31)26-9-6-16-39-26)27(30(35)36)34-14-12-23(19-34)38-15-4-2-3-8-22-11-10-20-7-5-13-32-29(20)33-22/h10-11,17-18,23,26-27H,2-9,12-16,19H2,1H3,(H,32,33)(H,35,36)/t23-,26+,27+/m1/s1. The van der Waals surface area contributed by atoms with Crippen molar-refractivity contribution in [3.8, 4) is 5.75 Å². The summed E-state index contributed by atoms with van der Waals surface area (Å²) < 4.78 is 32.2. The number of benzene rings is 1. The first kappa shape index (κ1) is 27.8. The van der Waals surface area contributed by atoms with Crippen LogP contribution in [0.2, 0.25) is 0 Å². The molecule has 0 radical (unpaired) electrons. The van der Waals surface area contributed by atoms with Crippen molar-refractivity contribution in [3.63, 3.8) is 0 Å². The fraction of sp³-hybridized carbons (Fsp3) is 0.600. The molecule has 39 heavy (non-hydrogen) atoms. The zero-order chi connectivity index (χ0) is 27.2. The molecule has 1 aromatic carbocycles. The molecule has 8 nitrogen and oxygen atoms in total. The molecule has 0 unspecified atom stereocenters. The number of nitrogens with one attached hydrogen (secondary N) is 1. The number of unbranched alkanes of at least 4 members (excludes halogenated alkanes) is 2. The van der Waals surface area contributed by atoms with Gasteiger partial charge in [0.05, 0.1) is 19.3 Å². The van der Waals surface area contributed by atoms with E-state index in [2.05, 4.69) is 17.4 Å². The summed E-state index contributed by atoms with van der Waals surface area (Å²) in [7, 11) is 1.38. The Balaban J connectivity index is 1.11. The van der Waals surface area contributed by atoms with Crippen LogP contribution in [0.5, 0.6) is 5.75 Å². The Labute approximate surface area is 229 Å². The van der Waals surface area contributed by atoms with Crippen LogP contribution in [-0.4, -0.2) is 67.0 Å². The number of carboxylic acids is 1. The number of halogens is 1. The summed E-state index contributed by atoms with van der Waals surface area (Å²) in [6.45, 7) is 3.32. The molecule has 5 rings (SSSR count). The number of hydrogen-bond acceptors (Lipinski definition) is 7. The number of hydrogen-bond donors (Lipinski definition) is 2. The van der Waals surface area contributed by atoms with E-state index in [1.54, 1.807) is 6.07 Å². The van der Waals surface area contributed by atoms with Crippen molar-refractivity contribution in [2.45, 2.75) is 76.0 Å². The van der Waals surface area contributed by atoms with Gasteiger partial charge in [0.25, 0.3) is 0 Å². The number of carboxylic acid groups (broad SMARTS) is 1. The van der Waals surface area contributed by atoms with Gasteiger partial charge in [-0.2, -0.15) is 0 Å². The average molecular weight is 542 g/mol. The largest absolute Gasteiger partial charge is 0.493 e. The van der Waals surface area contributed by atoms with E-state index in [0.717, 1.165) is 69.4 Å². The van der Waals surface area contributed by atoms with Crippen LogP contribution in [0.3, 0.4) is 0 Å². The number of aromatic nitrogens is 1. The minimum absolute atomic E-state index is 0.0160. The number of methoxy groups -OCH3 is 1. The summed E-state index contributed by atoms with van der Waals surface area (Å²) in [6.07, 6.45) is 8.46. The highest BCUT2D eigenvalue weighted by Crippen LogP contribution is 2.39. The molecule has 0 bridgehead atoms. The highest BCUT2D eigenvalue weighted by atomic mass is 19.1. The molecular formula is C30H40FN3O5. The van der Waals surface area contributed by atoms with Crippen LogP contribution in [0.4, 0.5) is 10.2 Å². The maximum Gasteiger partial charge on any atom is 0.325 e. The number of fused-ring (bicyclic) bond motifs is 1. The van der Waals surface area contributed by atoms with Crippen LogP contribution >= 0.6 is 0 Å². The van der Waals surface area contributed by atoms with Gasteiger partial charge >= 0.3 is 5.97 Å². The first-order valence-corrected chi connectivity index (χ1v) is 14.3. The Hall–Kier alpha value is -2.75. The van der Waals surface area contributed by atoms with E-state index < -0.39 is 17.8 Å². The van der Waals surface area contributed by atoms with Gasteiger partial charge in [0.15, 0.2) is 11.6 Å². The van der Waals surface area contributed by atoms with Gasteiger partial charge in [0.1, 0.15) is 11.9 Å². The van der Waals surface area contributed by atoms with Crippen LogP contribution < -0.4 is 10.1 Å².